The van der Waals surface area contributed by atoms with E-state index in [1.165, 1.54) is 26.9 Å². The first-order valence-corrected chi connectivity index (χ1v) is 8.99. The van der Waals surface area contributed by atoms with E-state index in [9.17, 15) is 4.79 Å². The molecule has 118 valence electrons. The van der Waals surface area contributed by atoms with Crippen LogP contribution in [0.1, 0.15) is 15.9 Å². The predicted molar refractivity (Wildman–Crippen MR) is 108 cm³/mol. The fraction of sp³-hybridized carbons (Fsp3) is 0. The summed E-state index contributed by atoms with van der Waals surface area (Å²) in [5.41, 5.74) is 1.44. The topological polar surface area (TPSA) is 17.1 Å². The van der Waals surface area contributed by atoms with Crippen molar-refractivity contribution in [1.82, 2.24) is 0 Å². The zero-order valence-corrected chi connectivity index (χ0v) is 14.9. The van der Waals surface area contributed by atoms with Crippen LogP contribution in [0.15, 0.2) is 83.3 Å². The smallest absolute Gasteiger partial charge is 0.194 e. The maximum atomic E-state index is 13.2. The van der Waals surface area contributed by atoms with E-state index in [-0.39, 0.29) is 5.78 Å². The summed E-state index contributed by atoms with van der Waals surface area (Å²) in [6.07, 6.45) is 0. The molecule has 5 aromatic carbocycles. The molecule has 1 nitrogen and oxygen atoms in total. The van der Waals surface area contributed by atoms with Crippen LogP contribution >= 0.6 is 15.9 Å². The first-order valence-electron chi connectivity index (χ1n) is 8.20. The Labute approximate surface area is 153 Å². The normalized spacial score (nSPS) is 11.6. The second-order valence-electron chi connectivity index (χ2n) is 6.28. The van der Waals surface area contributed by atoms with Gasteiger partial charge in [0.1, 0.15) is 0 Å². The summed E-state index contributed by atoms with van der Waals surface area (Å²) in [6, 6.07) is 26.4. The Hall–Kier alpha value is -2.71. The highest BCUT2D eigenvalue weighted by atomic mass is 79.9. The van der Waals surface area contributed by atoms with E-state index in [4.69, 9.17) is 0 Å². The molecule has 0 aliphatic carbocycles. The Morgan fingerprint density at radius 2 is 1.24 bits per heavy atom. The third-order valence-electron chi connectivity index (χ3n) is 4.89. The molecule has 0 spiro atoms. The zero-order chi connectivity index (χ0) is 17.0. The maximum Gasteiger partial charge on any atom is 0.194 e. The van der Waals surface area contributed by atoms with Crippen molar-refractivity contribution in [3.8, 4) is 0 Å². The first-order chi connectivity index (χ1) is 12.2. The van der Waals surface area contributed by atoms with Crippen molar-refractivity contribution < 1.29 is 4.79 Å². The van der Waals surface area contributed by atoms with Crippen LogP contribution in [0.2, 0.25) is 0 Å². The van der Waals surface area contributed by atoms with E-state index in [0.29, 0.717) is 5.56 Å². The minimum absolute atomic E-state index is 0.0467. The van der Waals surface area contributed by atoms with Gasteiger partial charge in [0.2, 0.25) is 0 Å². The van der Waals surface area contributed by atoms with Gasteiger partial charge in [-0.25, -0.2) is 0 Å². The standard InChI is InChI=1S/C23H13BrO/c24-20-7-2-1-6-19(20)23(25)18-13-11-16-9-8-14-4-3-5-15-10-12-17(18)22(16)21(14)15/h1-13H. The molecule has 25 heavy (non-hydrogen) atoms. The van der Waals surface area contributed by atoms with Crippen molar-refractivity contribution in [1.29, 1.82) is 0 Å². The van der Waals surface area contributed by atoms with Crippen LogP contribution in [0.4, 0.5) is 0 Å². The molecule has 0 atom stereocenters. The van der Waals surface area contributed by atoms with E-state index in [0.717, 1.165) is 15.4 Å². The average molecular weight is 385 g/mol. The van der Waals surface area contributed by atoms with Crippen LogP contribution in [0.5, 0.6) is 0 Å². The average Bonchev–Trinajstić information content (AvgIpc) is 2.66. The number of carbonyl (C=O) groups excluding carboxylic acids is 1. The van der Waals surface area contributed by atoms with Gasteiger partial charge in [-0.05, 0) is 50.5 Å². The lowest BCUT2D eigenvalue weighted by atomic mass is 9.90. The molecule has 0 radical (unpaired) electrons. The molecular weight excluding hydrogens is 372 g/mol. The Kier molecular flexibility index (Phi) is 3.16. The number of rotatable bonds is 2. The molecule has 0 N–H and O–H groups in total. The lowest BCUT2D eigenvalue weighted by molar-refractivity contribution is 0.103. The summed E-state index contributed by atoms with van der Waals surface area (Å²) < 4.78 is 0.825. The van der Waals surface area contributed by atoms with Gasteiger partial charge in [0.15, 0.2) is 5.78 Å². The summed E-state index contributed by atoms with van der Waals surface area (Å²) in [4.78, 5) is 13.2. The largest absolute Gasteiger partial charge is 0.289 e. The van der Waals surface area contributed by atoms with E-state index in [1.54, 1.807) is 0 Å². The van der Waals surface area contributed by atoms with E-state index in [2.05, 4.69) is 64.5 Å². The van der Waals surface area contributed by atoms with Gasteiger partial charge in [0, 0.05) is 15.6 Å². The monoisotopic (exact) mass is 384 g/mol. The van der Waals surface area contributed by atoms with Crippen molar-refractivity contribution in [3.05, 3.63) is 94.5 Å². The van der Waals surface area contributed by atoms with Crippen molar-refractivity contribution in [2.75, 3.05) is 0 Å². The van der Waals surface area contributed by atoms with Crippen molar-refractivity contribution >= 4 is 54.0 Å². The highest BCUT2D eigenvalue weighted by Crippen LogP contribution is 2.36. The molecule has 2 heteroatoms. The SMILES string of the molecule is O=C(c1ccccc1Br)c1ccc2ccc3cccc4ccc1c2c34. The third-order valence-corrected chi connectivity index (χ3v) is 5.58. The Bertz CT molecular complexity index is 1250. The lowest BCUT2D eigenvalue weighted by Crippen LogP contribution is -2.03. The summed E-state index contributed by atoms with van der Waals surface area (Å²) in [5, 5.41) is 7.01. The van der Waals surface area contributed by atoms with Crippen molar-refractivity contribution in [2.45, 2.75) is 0 Å². The minimum Gasteiger partial charge on any atom is -0.289 e. The molecule has 0 unspecified atom stereocenters. The molecule has 0 fully saturated rings. The second-order valence-corrected chi connectivity index (χ2v) is 7.13. The van der Waals surface area contributed by atoms with Crippen LogP contribution in [0, 0.1) is 0 Å². The van der Waals surface area contributed by atoms with E-state index >= 15 is 0 Å². The lowest BCUT2D eigenvalue weighted by Gasteiger charge is -2.13. The summed E-state index contributed by atoms with van der Waals surface area (Å²) in [6.45, 7) is 0. The number of carbonyl (C=O) groups is 1. The van der Waals surface area contributed by atoms with Crippen molar-refractivity contribution in [2.24, 2.45) is 0 Å². The molecule has 0 saturated heterocycles. The summed E-state index contributed by atoms with van der Waals surface area (Å²) in [7, 11) is 0. The van der Waals surface area contributed by atoms with Gasteiger partial charge in [-0.1, -0.05) is 76.6 Å². The molecule has 0 aliphatic rings. The molecule has 5 aromatic rings. The Morgan fingerprint density at radius 3 is 2.00 bits per heavy atom. The predicted octanol–water partition coefficient (Wildman–Crippen LogP) is 6.58. The quantitative estimate of drug-likeness (QED) is 0.248. The zero-order valence-electron chi connectivity index (χ0n) is 13.3. The molecule has 0 aromatic heterocycles. The van der Waals surface area contributed by atoms with Gasteiger partial charge in [0.05, 0.1) is 0 Å². The van der Waals surface area contributed by atoms with Gasteiger partial charge < -0.3 is 0 Å². The minimum atomic E-state index is 0.0467. The summed E-state index contributed by atoms with van der Waals surface area (Å²) in [5.74, 6) is 0.0467. The van der Waals surface area contributed by atoms with Gasteiger partial charge in [-0.2, -0.15) is 0 Å². The molecule has 5 rings (SSSR count). The highest BCUT2D eigenvalue weighted by molar-refractivity contribution is 9.10. The van der Waals surface area contributed by atoms with Crippen LogP contribution in [-0.2, 0) is 0 Å². The van der Waals surface area contributed by atoms with Gasteiger partial charge >= 0.3 is 0 Å². The van der Waals surface area contributed by atoms with Gasteiger partial charge in [-0.3, -0.25) is 4.79 Å². The number of hydrogen-bond acceptors (Lipinski definition) is 1. The number of benzene rings is 5. The van der Waals surface area contributed by atoms with E-state index in [1.807, 2.05) is 30.3 Å². The highest BCUT2D eigenvalue weighted by Gasteiger charge is 2.17. The summed E-state index contributed by atoms with van der Waals surface area (Å²) >= 11 is 3.50. The van der Waals surface area contributed by atoms with Crippen LogP contribution < -0.4 is 0 Å². The van der Waals surface area contributed by atoms with E-state index < -0.39 is 0 Å². The molecule has 0 amide bonds. The van der Waals surface area contributed by atoms with Crippen LogP contribution in [-0.4, -0.2) is 5.78 Å². The Morgan fingerprint density at radius 1 is 0.600 bits per heavy atom. The molecule has 0 bridgehead atoms. The fourth-order valence-electron chi connectivity index (χ4n) is 3.72. The second kappa shape index (κ2) is 5.40. The number of ketones is 1. The van der Waals surface area contributed by atoms with Crippen LogP contribution in [0.25, 0.3) is 32.3 Å². The third kappa shape index (κ3) is 2.11. The maximum absolute atomic E-state index is 13.2. The van der Waals surface area contributed by atoms with Gasteiger partial charge in [-0.15, -0.1) is 0 Å². The Balaban J connectivity index is 1.88. The van der Waals surface area contributed by atoms with Gasteiger partial charge in [0.25, 0.3) is 0 Å². The number of halogens is 1. The molecular formula is C23H13BrO. The first kappa shape index (κ1) is 14.6. The van der Waals surface area contributed by atoms with Crippen molar-refractivity contribution in [3.63, 3.8) is 0 Å². The molecule has 0 aliphatic heterocycles. The molecule has 0 saturated carbocycles. The molecule has 0 heterocycles. The number of hydrogen-bond donors (Lipinski definition) is 0. The van der Waals surface area contributed by atoms with Crippen LogP contribution in [0.3, 0.4) is 0 Å². The fourth-order valence-corrected chi connectivity index (χ4v) is 4.19.